The van der Waals surface area contributed by atoms with Crippen LogP contribution in [-0.2, 0) is 23.9 Å². The highest BCUT2D eigenvalue weighted by Gasteiger charge is 2.47. The van der Waals surface area contributed by atoms with Crippen molar-refractivity contribution in [3.63, 3.8) is 0 Å². The summed E-state index contributed by atoms with van der Waals surface area (Å²) >= 11 is 0. The van der Waals surface area contributed by atoms with Crippen LogP contribution in [0, 0.1) is 0 Å². The quantitative estimate of drug-likeness (QED) is 0.790. The van der Waals surface area contributed by atoms with Crippen molar-refractivity contribution < 1.29 is 32.2 Å². The van der Waals surface area contributed by atoms with E-state index in [0.717, 1.165) is 22.6 Å². The largest absolute Gasteiger partial charge is 0.454 e. The SMILES string of the molecule is C[C@]1(Cc2ccc3c(c2)OCO3)NC(=O)N(Cc2cccc(C(F)(F)F)c2)C1=O. The van der Waals surface area contributed by atoms with Gasteiger partial charge in [0.05, 0.1) is 12.1 Å². The Morgan fingerprint density at radius 2 is 1.83 bits per heavy atom. The summed E-state index contributed by atoms with van der Waals surface area (Å²) in [4.78, 5) is 26.3. The monoisotopic (exact) mass is 406 g/mol. The highest BCUT2D eigenvalue weighted by atomic mass is 19.4. The molecule has 29 heavy (non-hydrogen) atoms. The average molecular weight is 406 g/mol. The first-order valence-corrected chi connectivity index (χ1v) is 8.84. The Bertz CT molecular complexity index is 992. The van der Waals surface area contributed by atoms with E-state index >= 15 is 0 Å². The van der Waals surface area contributed by atoms with Gasteiger partial charge in [0.1, 0.15) is 5.54 Å². The molecule has 6 nitrogen and oxygen atoms in total. The molecule has 9 heteroatoms. The van der Waals surface area contributed by atoms with Crippen LogP contribution in [0.5, 0.6) is 11.5 Å². The van der Waals surface area contributed by atoms with Crippen molar-refractivity contribution in [2.24, 2.45) is 0 Å². The molecule has 2 aliphatic rings. The van der Waals surface area contributed by atoms with E-state index in [1.807, 2.05) is 0 Å². The molecular formula is C20H17F3N2O4. The third-order valence-corrected chi connectivity index (χ3v) is 4.93. The normalized spacial score (nSPS) is 20.9. The van der Waals surface area contributed by atoms with Crippen molar-refractivity contribution in [1.82, 2.24) is 10.2 Å². The number of nitrogens with one attached hydrogen (secondary N) is 1. The zero-order chi connectivity index (χ0) is 20.8. The molecule has 1 atom stereocenters. The number of hydrogen-bond donors (Lipinski definition) is 1. The number of fused-ring (bicyclic) bond motifs is 1. The molecule has 1 fully saturated rings. The Kier molecular flexibility index (Phi) is 4.40. The number of urea groups is 1. The molecule has 0 aromatic heterocycles. The Morgan fingerprint density at radius 3 is 2.59 bits per heavy atom. The van der Waals surface area contributed by atoms with E-state index in [0.29, 0.717) is 11.5 Å². The van der Waals surface area contributed by atoms with E-state index in [-0.39, 0.29) is 25.3 Å². The maximum atomic E-state index is 12.9. The van der Waals surface area contributed by atoms with E-state index in [2.05, 4.69) is 5.32 Å². The minimum absolute atomic E-state index is 0.122. The number of benzene rings is 2. The maximum absolute atomic E-state index is 12.9. The zero-order valence-corrected chi connectivity index (χ0v) is 15.4. The smallest absolute Gasteiger partial charge is 0.416 e. The molecule has 0 saturated carbocycles. The Labute approximate surface area is 164 Å². The number of nitrogens with zero attached hydrogens (tertiary/aromatic N) is 1. The van der Waals surface area contributed by atoms with Gasteiger partial charge in [-0.2, -0.15) is 13.2 Å². The molecule has 0 bridgehead atoms. The molecule has 1 N–H and O–H groups in total. The summed E-state index contributed by atoms with van der Waals surface area (Å²) in [5.74, 6) is 0.660. The van der Waals surface area contributed by atoms with Gasteiger partial charge in [-0.25, -0.2) is 4.79 Å². The first kappa shape index (κ1) is 19.1. The second-order valence-corrected chi connectivity index (χ2v) is 7.22. The lowest BCUT2D eigenvalue weighted by atomic mass is 9.92. The van der Waals surface area contributed by atoms with Crippen molar-refractivity contribution in [2.45, 2.75) is 31.6 Å². The number of imide groups is 1. The van der Waals surface area contributed by atoms with Gasteiger partial charge in [-0.15, -0.1) is 0 Å². The number of amides is 3. The van der Waals surface area contributed by atoms with Gasteiger partial charge >= 0.3 is 12.2 Å². The van der Waals surface area contributed by atoms with E-state index < -0.39 is 29.2 Å². The van der Waals surface area contributed by atoms with Crippen molar-refractivity contribution >= 4 is 11.9 Å². The van der Waals surface area contributed by atoms with Crippen LogP contribution in [-0.4, -0.2) is 29.2 Å². The van der Waals surface area contributed by atoms with Crippen molar-refractivity contribution in [3.05, 3.63) is 59.2 Å². The highest BCUT2D eigenvalue weighted by molar-refractivity contribution is 6.06. The Morgan fingerprint density at radius 1 is 1.07 bits per heavy atom. The topological polar surface area (TPSA) is 67.9 Å². The van der Waals surface area contributed by atoms with Gasteiger partial charge in [-0.3, -0.25) is 9.69 Å². The maximum Gasteiger partial charge on any atom is 0.416 e. The average Bonchev–Trinajstić information content (AvgIpc) is 3.19. The molecule has 0 aliphatic carbocycles. The number of carbonyl (C=O) groups is 2. The first-order chi connectivity index (χ1) is 13.7. The summed E-state index contributed by atoms with van der Waals surface area (Å²) < 4.78 is 49.3. The van der Waals surface area contributed by atoms with Crippen molar-refractivity contribution in [3.8, 4) is 11.5 Å². The lowest BCUT2D eigenvalue weighted by molar-refractivity contribution is -0.137. The van der Waals surface area contributed by atoms with Crippen LogP contribution < -0.4 is 14.8 Å². The second kappa shape index (κ2) is 6.68. The van der Waals surface area contributed by atoms with Gasteiger partial charge in [0, 0.05) is 6.42 Å². The van der Waals surface area contributed by atoms with Crippen LogP contribution in [0.3, 0.4) is 0 Å². The molecule has 3 amide bonds. The molecule has 0 spiro atoms. The number of rotatable bonds is 4. The van der Waals surface area contributed by atoms with E-state index in [1.165, 1.54) is 12.1 Å². The lowest BCUT2D eigenvalue weighted by Crippen LogP contribution is -2.45. The fraction of sp³-hybridized carbons (Fsp3) is 0.300. The first-order valence-electron chi connectivity index (χ1n) is 8.84. The van der Waals surface area contributed by atoms with Crippen molar-refractivity contribution in [2.75, 3.05) is 6.79 Å². The third-order valence-electron chi connectivity index (χ3n) is 4.93. The molecule has 2 heterocycles. The Balaban J connectivity index is 1.52. The lowest BCUT2D eigenvalue weighted by Gasteiger charge is -2.22. The van der Waals surface area contributed by atoms with E-state index in [1.54, 1.807) is 25.1 Å². The summed E-state index contributed by atoms with van der Waals surface area (Å²) in [5, 5.41) is 2.65. The molecule has 2 aromatic rings. The molecule has 4 rings (SSSR count). The summed E-state index contributed by atoms with van der Waals surface area (Å²) in [6, 6.07) is 9.17. The van der Waals surface area contributed by atoms with Crippen LogP contribution in [0.1, 0.15) is 23.6 Å². The fourth-order valence-corrected chi connectivity index (χ4v) is 3.50. The number of ether oxygens (including phenoxy) is 2. The minimum Gasteiger partial charge on any atom is -0.454 e. The molecule has 2 aromatic carbocycles. The summed E-state index contributed by atoms with van der Waals surface area (Å²) in [6.07, 6.45) is -4.30. The van der Waals surface area contributed by atoms with Gasteiger partial charge in [-0.1, -0.05) is 18.2 Å². The summed E-state index contributed by atoms with van der Waals surface area (Å²) in [6.45, 7) is 1.46. The molecule has 0 radical (unpaired) electrons. The van der Waals surface area contributed by atoms with Gasteiger partial charge in [-0.05, 0) is 42.3 Å². The molecule has 2 aliphatic heterocycles. The predicted molar refractivity (Wildman–Crippen MR) is 95.2 cm³/mol. The van der Waals surface area contributed by atoms with Gasteiger partial charge in [0.15, 0.2) is 11.5 Å². The van der Waals surface area contributed by atoms with Crippen LogP contribution in [0.2, 0.25) is 0 Å². The predicted octanol–water partition coefficient (Wildman–Crippen LogP) is 3.49. The zero-order valence-electron chi connectivity index (χ0n) is 15.4. The van der Waals surface area contributed by atoms with Crippen LogP contribution >= 0.6 is 0 Å². The van der Waals surface area contributed by atoms with Gasteiger partial charge in [0.25, 0.3) is 5.91 Å². The molecule has 1 saturated heterocycles. The minimum atomic E-state index is -4.50. The standard InChI is InChI=1S/C20H17F3N2O4/c1-19(9-12-5-6-15-16(8-12)29-11-28-15)17(26)25(18(27)24-19)10-13-3-2-4-14(7-13)20(21,22)23/h2-8H,9-11H2,1H3,(H,24,27)/t19-/m1/s1. The molecule has 152 valence electrons. The summed E-state index contributed by atoms with van der Waals surface area (Å²) in [5.41, 5.74) is -1.07. The number of alkyl halides is 3. The van der Waals surface area contributed by atoms with E-state index in [9.17, 15) is 22.8 Å². The van der Waals surface area contributed by atoms with Crippen LogP contribution in [0.15, 0.2) is 42.5 Å². The third kappa shape index (κ3) is 3.59. The number of hydrogen-bond acceptors (Lipinski definition) is 4. The fourth-order valence-electron chi connectivity index (χ4n) is 3.50. The van der Waals surface area contributed by atoms with Gasteiger partial charge in [0.2, 0.25) is 6.79 Å². The highest BCUT2D eigenvalue weighted by Crippen LogP contribution is 2.34. The van der Waals surface area contributed by atoms with E-state index in [4.69, 9.17) is 9.47 Å². The molecule has 0 unspecified atom stereocenters. The molecular weight excluding hydrogens is 389 g/mol. The Hall–Kier alpha value is -3.23. The van der Waals surface area contributed by atoms with Crippen LogP contribution in [0.4, 0.5) is 18.0 Å². The second-order valence-electron chi connectivity index (χ2n) is 7.22. The van der Waals surface area contributed by atoms with Crippen molar-refractivity contribution in [1.29, 1.82) is 0 Å². The van der Waals surface area contributed by atoms with Crippen LogP contribution in [0.25, 0.3) is 0 Å². The number of carbonyl (C=O) groups excluding carboxylic acids is 2. The van der Waals surface area contributed by atoms with Gasteiger partial charge < -0.3 is 14.8 Å². The number of halogens is 3. The summed E-state index contributed by atoms with van der Waals surface area (Å²) in [7, 11) is 0.